The van der Waals surface area contributed by atoms with E-state index in [1.807, 2.05) is 6.07 Å². The summed E-state index contributed by atoms with van der Waals surface area (Å²) in [5, 5.41) is 0. The van der Waals surface area contributed by atoms with Crippen LogP contribution in [0, 0.1) is 0 Å². The number of hydrogen-bond acceptors (Lipinski definition) is 2. The van der Waals surface area contributed by atoms with Gasteiger partial charge in [-0.15, -0.1) is 0 Å². The second kappa shape index (κ2) is 8.97. The Hall–Kier alpha value is -4.66. The van der Waals surface area contributed by atoms with Gasteiger partial charge in [-0.05, 0) is 57.0 Å². The number of fused-ring (bicyclic) bond motifs is 2. The van der Waals surface area contributed by atoms with Crippen molar-refractivity contribution in [2.24, 2.45) is 5.73 Å². The molecule has 188 valence electrons. The summed E-state index contributed by atoms with van der Waals surface area (Å²) in [4.78, 5) is 0. The zero-order valence-corrected chi connectivity index (χ0v) is 21.7. The lowest BCUT2D eigenvalue weighted by molar-refractivity contribution is 0.519. The topological polar surface area (TPSA) is 52.0 Å². The SMILES string of the molecule is Nc1cccc2c1C1=C(CC(N)(c3ccccc3-c3ccccc3)C=C1)C2(c1ccccc1)c1ccccc1. The highest BCUT2D eigenvalue weighted by Crippen LogP contribution is 2.60. The molecule has 0 radical (unpaired) electrons. The molecule has 39 heavy (non-hydrogen) atoms. The first kappa shape index (κ1) is 23.5. The molecule has 0 bridgehead atoms. The molecular weight excluding hydrogens is 472 g/mol. The number of nitrogen functional groups attached to an aromatic ring is 1. The summed E-state index contributed by atoms with van der Waals surface area (Å²) in [5.41, 5.74) is 24.5. The highest BCUT2D eigenvalue weighted by atomic mass is 14.8. The Bertz CT molecular complexity index is 1690. The monoisotopic (exact) mass is 502 g/mol. The lowest BCUT2D eigenvalue weighted by atomic mass is 9.63. The maximum Gasteiger partial charge on any atom is 0.0678 e. The van der Waals surface area contributed by atoms with Crippen LogP contribution in [0.25, 0.3) is 16.7 Å². The van der Waals surface area contributed by atoms with Crippen molar-refractivity contribution >= 4 is 11.3 Å². The van der Waals surface area contributed by atoms with Gasteiger partial charge in [0, 0.05) is 11.3 Å². The summed E-state index contributed by atoms with van der Waals surface area (Å²) in [6, 6.07) is 47.1. The van der Waals surface area contributed by atoms with Crippen LogP contribution in [-0.4, -0.2) is 0 Å². The van der Waals surface area contributed by atoms with Crippen LogP contribution in [0.1, 0.15) is 34.2 Å². The summed E-state index contributed by atoms with van der Waals surface area (Å²) in [7, 11) is 0. The van der Waals surface area contributed by atoms with Gasteiger partial charge in [0.1, 0.15) is 0 Å². The summed E-state index contributed by atoms with van der Waals surface area (Å²) < 4.78 is 0. The zero-order chi connectivity index (χ0) is 26.5. The third-order valence-electron chi connectivity index (χ3n) is 8.49. The summed E-state index contributed by atoms with van der Waals surface area (Å²) >= 11 is 0. The van der Waals surface area contributed by atoms with Crippen LogP contribution in [0.3, 0.4) is 0 Å². The summed E-state index contributed by atoms with van der Waals surface area (Å²) in [5.74, 6) is 0. The van der Waals surface area contributed by atoms with Gasteiger partial charge in [-0.3, -0.25) is 0 Å². The van der Waals surface area contributed by atoms with Gasteiger partial charge in [-0.25, -0.2) is 0 Å². The van der Waals surface area contributed by atoms with Gasteiger partial charge in [-0.2, -0.15) is 0 Å². The number of hydrogen-bond donors (Lipinski definition) is 2. The fraction of sp³-hybridized carbons (Fsp3) is 0.0811. The molecule has 0 saturated heterocycles. The van der Waals surface area contributed by atoms with Gasteiger partial charge in [-0.1, -0.05) is 140 Å². The van der Waals surface area contributed by atoms with Crippen LogP contribution in [0.4, 0.5) is 5.69 Å². The second-order valence-corrected chi connectivity index (χ2v) is 10.6. The predicted molar refractivity (Wildman–Crippen MR) is 162 cm³/mol. The van der Waals surface area contributed by atoms with Crippen LogP contribution in [0.5, 0.6) is 0 Å². The third kappa shape index (κ3) is 3.46. The molecule has 0 heterocycles. The molecule has 5 aromatic carbocycles. The average molecular weight is 503 g/mol. The summed E-state index contributed by atoms with van der Waals surface area (Å²) in [6.45, 7) is 0. The molecule has 2 aliphatic rings. The van der Waals surface area contributed by atoms with Gasteiger partial charge in [0.2, 0.25) is 0 Å². The average Bonchev–Trinajstić information content (AvgIpc) is 3.29. The van der Waals surface area contributed by atoms with Crippen LogP contribution in [-0.2, 0) is 11.0 Å². The number of allylic oxidation sites excluding steroid dienone is 2. The Kier molecular flexibility index (Phi) is 5.40. The normalized spacial score (nSPS) is 19.0. The van der Waals surface area contributed by atoms with Crippen LogP contribution in [0.2, 0.25) is 0 Å². The largest absolute Gasteiger partial charge is 0.398 e. The first-order valence-corrected chi connectivity index (χ1v) is 13.5. The Morgan fingerprint density at radius 1 is 0.564 bits per heavy atom. The fourth-order valence-corrected chi connectivity index (χ4v) is 6.84. The van der Waals surface area contributed by atoms with E-state index < -0.39 is 11.0 Å². The molecular formula is C37H30N2. The van der Waals surface area contributed by atoms with E-state index in [2.05, 4.69) is 140 Å². The Morgan fingerprint density at radius 3 is 1.79 bits per heavy atom. The number of benzene rings is 5. The van der Waals surface area contributed by atoms with Gasteiger partial charge in [0.25, 0.3) is 0 Å². The first-order valence-electron chi connectivity index (χ1n) is 13.5. The van der Waals surface area contributed by atoms with Crippen molar-refractivity contribution in [3.63, 3.8) is 0 Å². The van der Waals surface area contributed by atoms with Crippen molar-refractivity contribution in [1.82, 2.24) is 0 Å². The van der Waals surface area contributed by atoms with Crippen molar-refractivity contribution in [2.45, 2.75) is 17.4 Å². The van der Waals surface area contributed by atoms with Crippen LogP contribution >= 0.6 is 0 Å². The van der Waals surface area contributed by atoms with Gasteiger partial charge in [0.15, 0.2) is 0 Å². The third-order valence-corrected chi connectivity index (χ3v) is 8.49. The second-order valence-electron chi connectivity index (χ2n) is 10.6. The Morgan fingerprint density at radius 2 is 1.13 bits per heavy atom. The minimum Gasteiger partial charge on any atom is -0.398 e. The molecule has 0 aliphatic heterocycles. The van der Waals surface area contributed by atoms with E-state index in [-0.39, 0.29) is 0 Å². The van der Waals surface area contributed by atoms with E-state index in [0.29, 0.717) is 6.42 Å². The fourth-order valence-electron chi connectivity index (χ4n) is 6.84. The van der Waals surface area contributed by atoms with E-state index in [0.717, 1.165) is 22.4 Å². The number of rotatable bonds is 4. The molecule has 1 atom stereocenters. The van der Waals surface area contributed by atoms with E-state index in [1.165, 1.54) is 33.4 Å². The predicted octanol–water partition coefficient (Wildman–Crippen LogP) is 7.85. The maximum atomic E-state index is 7.47. The minimum absolute atomic E-state index is 0.500. The molecule has 7 rings (SSSR count). The Labute approximate surface area is 230 Å². The lowest BCUT2D eigenvalue weighted by Crippen LogP contribution is -2.41. The van der Waals surface area contributed by atoms with Gasteiger partial charge in [0.05, 0.1) is 11.0 Å². The minimum atomic E-state index is -0.698. The molecule has 1 unspecified atom stereocenters. The molecule has 0 fully saturated rings. The van der Waals surface area contributed by atoms with E-state index in [4.69, 9.17) is 11.5 Å². The molecule has 0 saturated carbocycles. The standard InChI is InChI=1S/C37H30N2/c38-34-22-12-21-32-35(34)30-23-24-36(39,31-20-11-10-19-29(31)26-13-4-1-5-14-26)25-33(30)37(32,27-15-6-2-7-16-27)28-17-8-3-9-18-28/h1-24H,25,38-39H2. The molecule has 5 aromatic rings. The van der Waals surface area contributed by atoms with Crippen molar-refractivity contribution in [3.8, 4) is 11.1 Å². The highest BCUT2D eigenvalue weighted by molar-refractivity contribution is 5.95. The number of anilines is 1. The molecule has 2 heteroatoms. The molecule has 4 N–H and O–H groups in total. The number of nitrogens with two attached hydrogens (primary N) is 2. The van der Waals surface area contributed by atoms with Gasteiger partial charge < -0.3 is 11.5 Å². The molecule has 2 aliphatic carbocycles. The quantitative estimate of drug-likeness (QED) is 0.246. The van der Waals surface area contributed by atoms with Crippen molar-refractivity contribution in [1.29, 1.82) is 0 Å². The van der Waals surface area contributed by atoms with Crippen LogP contribution in [0.15, 0.2) is 151 Å². The molecule has 0 amide bonds. The van der Waals surface area contributed by atoms with Crippen molar-refractivity contribution in [2.75, 3.05) is 5.73 Å². The molecule has 0 spiro atoms. The van der Waals surface area contributed by atoms with Crippen molar-refractivity contribution < 1.29 is 0 Å². The first-order chi connectivity index (χ1) is 19.1. The molecule has 0 aromatic heterocycles. The van der Waals surface area contributed by atoms with Gasteiger partial charge >= 0.3 is 0 Å². The lowest BCUT2D eigenvalue weighted by Gasteiger charge is -2.41. The highest BCUT2D eigenvalue weighted by Gasteiger charge is 2.51. The van der Waals surface area contributed by atoms with E-state index in [9.17, 15) is 0 Å². The molecule has 2 nitrogen and oxygen atoms in total. The zero-order valence-electron chi connectivity index (χ0n) is 21.7. The van der Waals surface area contributed by atoms with Crippen molar-refractivity contribution in [3.05, 3.63) is 179 Å². The van der Waals surface area contributed by atoms with Crippen LogP contribution < -0.4 is 11.5 Å². The van der Waals surface area contributed by atoms with E-state index in [1.54, 1.807) is 0 Å². The van der Waals surface area contributed by atoms with E-state index >= 15 is 0 Å². The smallest absolute Gasteiger partial charge is 0.0678 e. The maximum absolute atomic E-state index is 7.47. The summed E-state index contributed by atoms with van der Waals surface area (Å²) in [6.07, 6.45) is 5.08. The Balaban J connectivity index is 1.50.